The van der Waals surface area contributed by atoms with Crippen LogP contribution in [0.15, 0.2) is 36.9 Å². The monoisotopic (exact) mass is 483 g/mol. The fourth-order valence-corrected chi connectivity index (χ4v) is 5.10. The van der Waals surface area contributed by atoms with E-state index >= 15 is 0 Å². The van der Waals surface area contributed by atoms with Crippen molar-refractivity contribution in [2.24, 2.45) is 0 Å². The molecule has 0 spiro atoms. The molecular weight excluding hydrogens is 426 g/mol. The number of aromatic nitrogens is 3. The number of aryl methyl sites for hydroxylation is 4. The first-order valence-corrected chi connectivity index (χ1v) is 15.2. The third kappa shape index (κ3) is 13.9. The number of hydrogen-bond donors (Lipinski definition) is 0. The summed E-state index contributed by atoms with van der Waals surface area (Å²) >= 11 is 0. The predicted molar refractivity (Wildman–Crippen MR) is 150 cm³/mol. The van der Waals surface area contributed by atoms with Gasteiger partial charge in [0.1, 0.15) is 18.9 Å². The first-order chi connectivity index (χ1) is 17.2. The number of hydrogen-bond acceptors (Lipinski definition) is 0. The number of unbranched alkanes of at least 4 members (excludes halogenated alkanes) is 16. The van der Waals surface area contributed by atoms with Crippen LogP contribution in [-0.2, 0) is 19.6 Å². The minimum atomic E-state index is 1.16. The van der Waals surface area contributed by atoms with Gasteiger partial charge in [0.25, 0.3) is 5.82 Å². The molecule has 2 rings (SSSR count). The van der Waals surface area contributed by atoms with Crippen molar-refractivity contribution in [3.05, 3.63) is 48.3 Å². The van der Waals surface area contributed by atoms with E-state index in [1.165, 1.54) is 140 Å². The Balaban J connectivity index is 1.40. The predicted octanol–water partition coefficient (Wildman–Crippen LogP) is 8.42. The van der Waals surface area contributed by atoms with Gasteiger partial charge in [-0.3, -0.25) is 0 Å². The second-order valence-electron chi connectivity index (χ2n) is 10.9. The molecule has 0 unspecified atom stereocenters. The van der Waals surface area contributed by atoms with Crippen molar-refractivity contribution in [3.8, 4) is 0 Å². The van der Waals surface area contributed by atoms with Gasteiger partial charge in [-0.2, -0.15) is 0 Å². The highest BCUT2D eigenvalue weighted by molar-refractivity contribution is 5.03. The Morgan fingerprint density at radius 2 is 1.06 bits per heavy atom. The second kappa shape index (κ2) is 19.5. The fourth-order valence-electron chi connectivity index (χ4n) is 5.10. The third-order valence-electron chi connectivity index (χ3n) is 7.63. The van der Waals surface area contributed by atoms with Crippen LogP contribution in [0.25, 0.3) is 0 Å². The summed E-state index contributed by atoms with van der Waals surface area (Å²) in [5.41, 5.74) is 1.34. The summed E-state index contributed by atoms with van der Waals surface area (Å²) in [7, 11) is 0. The summed E-state index contributed by atoms with van der Waals surface area (Å²) in [5.74, 6) is 1.44. The van der Waals surface area contributed by atoms with Gasteiger partial charge in [0, 0.05) is 25.5 Å². The largest absolute Gasteiger partial charge is 0.253 e. The van der Waals surface area contributed by atoms with Crippen LogP contribution in [0.3, 0.4) is 0 Å². The van der Waals surface area contributed by atoms with Crippen molar-refractivity contribution >= 4 is 0 Å². The zero-order valence-electron chi connectivity index (χ0n) is 23.7. The van der Waals surface area contributed by atoms with Crippen LogP contribution in [0.1, 0.15) is 134 Å². The first kappa shape index (κ1) is 29.6. The SMILES string of the molecule is CCCCCCCCCCCC[n+]1ccn(CCCCCCCCCC[n+]2ccc(C)cc2)c1C. The lowest BCUT2D eigenvalue weighted by atomic mass is 10.1. The van der Waals surface area contributed by atoms with Crippen LogP contribution in [0.2, 0.25) is 0 Å². The summed E-state index contributed by atoms with van der Waals surface area (Å²) < 4.78 is 7.26. The maximum Gasteiger partial charge on any atom is 0.253 e. The maximum atomic E-state index is 2.47. The molecule has 2 heterocycles. The molecule has 0 fully saturated rings. The highest BCUT2D eigenvalue weighted by atomic mass is 15.1. The first-order valence-electron chi connectivity index (χ1n) is 15.2. The van der Waals surface area contributed by atoms with Gasteiger partial charge in [0.2, 0.25) is 0 Å². The number of nitrogens with zero attached hydrogens (tertiary/aromatic N) is 3. The lowest BCUT2D eigenvalue weighted by molar-refractivity contribution is -0.702. The molecule has 0 atom stereocenters. The van der Waals surface area contributed by atoms with Crippen LogP contribution >= 0.6 is 0 Å². The van der Waals surface area contributed by atoms with Gasteiger partial charge in [-0.05, 0) is 44.6 Å². The Morgan fingerprint density at radius 1 is 0.571 bits per heavy atom. The number of imidazole rings is 1. The van der Waals surface area contributed by atoms with E-state index in [1.807, 2.05) is 0 Å². The molecule has 0 aliphatic rings. The van der Waals surface area contributed by atoms with E-state index in [1.54, 1.807) is 0 Å². The summed E-state index contributed by atoms with van der Waals surface area (Å²) in [6, 6.07) is 4.40. The standard InChI is InChI=1S/C32H57N3/c1-4-5-6-7-8-9-10-14-17-20-25-34-29-30-35(32(34)3)26-21-18-15-12-11-13-16-19-24-33-27-22-31(2)23-28-33/h22-23,27-30H,4-21,24-26H2,1-3H3/q+2. The molecule has 0 radical (unpaired) electrons. The van der Waals surface area contributed by atoms with Gasteiger partial charge in [0.05, 0.1) is 13.1 Å². The summed E-state index contributed by atoms with van der Waals surface area (Å²) in [4.78, 5) is 0. The molecule has 0 aromatic carbocycles. The highest BCUT2D eigenvalue weighted by Crippen LogP contribution is 2.12. The Morgan fingerprint density at radius 3 is 1.63 bits per heavy atom. The van der Waals surface area contributed by atoms with E-state index in [-0.39, 0.29) is 0 Å². The molecule has 0 amide bonds. The van der Waals surface area contributed by atoms with E-state index in [0.29, 0.717) is 0 Å². The Labute approximate surface area is 218 Å². The minimum absolute atomic E-state index is 1.16. The topological polar surface area (TPSA) is 12.7 Å². The molecule has 35 heavy (non-hydrogen) atoms. The van der Waals surface area contributed by atoms with E-state index in [9.17, 15) is 0 Å². The summed E-state index contributed by atoms with van der Waals surface area (Å²) in [6.45, 7) is 10.3. The average molecular weight is 484 g/mol. The third-order valence-corrected chi connectivity index (χ3v) is 7.63. The highest BCUT2D eigenvalue weighted by Gasteiger charge is 2.11. The van der Waals surface area contributed by atoms with Crippen molar-refractivity contribution in [2.45, 2.75) is 156 Å². The quantitative estimate of drug-likeness (QED) is 0.118. The molecule has 2 aromatic rings. The van der Waals surface area contributed by atoms with Crippen LogP contribution in [0, 0.1) is 13.8 Å². The fraction of sp³-hybridized carbons (Fsp3) is 0.750. The normalized spacial score (nSPS) is 11.4. The van der Waals surface area contributed by atoms with Crippen LogP contribution < -0.4 is 9.13 Å². The Bertz CT molecular complexity index is 747. The molecule has 2 aromatic heterocycles. The van der Waals surface area contributed by atoms with Crippen molar-refractivity contribution in [2.75, 3.05) is 0 Å². The van der Waals surface area contributed by atoms with Gasteiger partial charge in [-0.15, -0.1) is 0 Å². The van der Waals surface area contributed by atoms with Crippen LogP contribution in [0.5, 0.6) is 0 Å². The molecule has 0 N–H and O–H groups in total. The molecule has 3 nitrogen and oxygen atoms in total. The summed E-state index contributed by atoms with van der Waals surface area (Å²) in [6.07, 6.45) is 34.1. The van der Waals surface area contributed by atoms with Crippen molar-refractivity contribution in [3.63, 3.8) is 0 Å². The second-order valence-corrected chi connectivity index (χ2v) is 10.9. The molecule has 198 valence electrons. The van der Waals surface area contributed by atoms with Gasteiger partial charge in [-0.25, -0.2) is 13.7 Å². The number of rotatable bonds is 22. The molecule has 0 saturated heterocycles. The summed E-state index contributed by atoms with van der Waals surface area (Å²) in [5, 5.41) is 0. The molecule has 0 aliphatic carbocycles. The zero-order valence-corrected chi connectivity index (χ0v) is 23.7. The molecule has 0 aliphatic heterocycles. The molecule has 0 bridgehead atoms. The van der Waals surface area contributed by atoms with Gasteiger partial charge in [0.15, 0.2) is 12.4 Å². The molecular formula is C32H57N3+2. The minimum Gasteiger partial charge on any atom is -0.234 e. The lowest BCUT2D eigenvalue weighted by Gasteiger charge is -2.04. The van der Waals surface area contributed by atoms with Gasteiger partial charge >= 0.3 is 0 Å². The van der Waals surface area contributed by atoms with Crippen molar-refractivity contribution in [1.82, 2.24) is 4.57 Å². The Hall–Kier alpha value is -1.64. The molecule has 3 heteroatoms. The smallest absolute Gasteiger partial charge is 0.234 e. The van der Waals surface area contributed by atoms with Crippen molar-refractivity contribution in [1.29, 1.82) is 0 Å². The number of pyridine rings is 1. The lowest BCUT2D eigenvalue weighted by Crippen LogP contribution is -2.35. The van der Waals surface area contributed by atoms with Crippen LogP contribution in [0.4, 0.5) is 0 Å². The van der Waals surface area contributed by atoms with Gasteiger partial charge < -0.3 is 0 Å². The van der Waals surface area contributed by atoms with E-state index in [2.05, 4.69) is 71.4 Å². The van der Waals surface area contributed by atoms with E-state index < -0.39 is 0 Å². The maximum absolute atomic E-state index is 2.47. The zero-order chi connectivity index (χ0) is 25.0. The average Bonchev–Trinajstić information content (AvgIpc) is 3.21. The Kier molecular flexibility index (Phi) is 16.5. The van der Waals surface area contributed by atoms with Crippen LogP contribution in [-0.4, -0.2) is 4.57 Å². The van der Waals surface area contributed by atoms with Gasteiger partial charge in [-0.1, -0.05) is 84.0 Å². The van der Waals surface area contributed by atoms with E-state index in [4.69, 9.17) is 0 Å². The van der Waals surface area contributed by atoms with Crippen molar-refractivity contribution < 1.29 is 9.13 Å². The molecule has 0 saturated carbocycles. The van der Waals surface area contributed by atoms with E-state index in [0.717, 1.165) is 6.54 Å².